The minimum atomic E-state index is -0.362. The number of carbonyl (C=O) groups excluding carboxylic acids is 1. The molecule has 2 saturated heterocycles. The highest BCUT2D eigenvalue weighted by Gasteiger charge is 2.47. The topological polar surface area (TPSA) is 35.6 Å². The van der Waals surface area contributed by atoms with Crippen LogP contribution in [0.2, 0.25) is 0 Å². The zero-order chi connectivity index (χ0) is 15.6. The summed E-state index contributed by atoms with van der Waals surface area (Å²) in [7, 11) is 0. The molecule has 1 N–H and O–H groups in total. The van der Waals surface area contributed by atoms with Crippen LogP contribution in [-0.2, 0) is 4.79 Å². The van der Waals surface area contributed by atoms with Gasteiger partial charge < -0.3 is 9.80 Å². The van der Waals surface area contributed by atoms with Gasteiger partial charge in [-0.15, -0.1) is 0 Å². The van der Waals surface area contributed by atoms with Crippen molar-refractivity contribution in [2.45, 2.75) is 65.6 Å². The van der Waals surface area contributed by atoms with Crippen LogP contribution in [0.4, 0.5) is 0 Å². The van der Waals surface area contributed by atoms with Crippen molar-refractivity contribution >= 4 is 5.91 Å². The highest BCUT2D eigenvalue weighted by Crippen LogP contribution is 2.29. The van der Waals surface area contributed by atoms with Gasteiger partial charge in [0, 0.05) is 6.54 Å². The van der Waals surface area contributed by atoms with Crippen LogP contribution >= 0.6 is 0 Å². The van der Waals surface area contributed by atoms with Gasteiger partial charge in [-0.25, -0.2) is 0 Å². The van der Waals surface area contributed by atoms with Gasteiger partial charge in [-0.3, -0.25) is 10.1 Å². The van der Waals surface area contributed by atoms with Crippen LogP contribution < -0.4 is 5.32 Å². The Bertz CT molecular complexity index is 363. The van der Waals surface area contributed by atoms with Gasteiger partial charge in [-0.1, -0.05) is 27.7 Å². The van der Waals surface area contributed by atoms with Crippen LogP contribution in [-0.4, -0.2) is 53.6 Å². The summed E-state index contributed by atoms with van der Waals surface area (Å²) in [5, 5.41) is 3.59. The number of amides is 1. The maximum atomic E-state index is 12.8. The lowest BCUT2D eigenvalue weighted by atomic mass is 9.94. The smallest absolute Gasteiger partial charge is 0.243 e. The van der Waals surface area contributed by atoms with Gasteiger partial charge in [0.05, 0.1) is 11.7 Å². The lowest BCUT2D eigenvalue weighted by Crippen LogP contribution is -2.46. The van der Waals surface area contributed by atoms with Crippen molar-refractivity contribution in [3.8, 4) is 0 Å². The molecule has 2 unspecified atom stereocenters. The standard InChI is InChI=1S/C17H33N3O/c1-6-17(5)16(21)20(15(18-17)13(3)4)12-14-8-10-19(7-2)11-9-14/h13-15,18H,6-12H2,1-5H3. The molecule has 4 heteroatoms. The van der Waals surface area contributed by atoms with Crippen LogP contribution in [0.25, 0.3) is 0 Å². The number of nitrogens with zero attached hydrogens (tertiary/aromatic N) is 2. The summed E-state index contributed by atoms with van der Waals surface area (Å²) in [5.74, 6) is 1.43. The predicted molar refractivity (Wildman–Crippen MR) is 87.0 cm³/mol. The normalized spacial score (nSPS) is 32.4. The summed E-state index contributed by atoms with van der Waals surface area (Å²) in [5.41, 5.74) is -0.362. The lowest BCUT2D eigenvalue weighted by Gasteiger charge is -2.35. The van der Waals surface area contributed by atoms with E-state index in [2.05, 4.69) is 49.7 Å². The van der Waals surface area contributed by atoms with Gasteiger partial charge in [0.25, 0.3) is 0 Å². The molecule has 0 aliphatic carbocycles. The van der Waals surface area contributed by atoms with Crippen LogP contribution in [0.15, 0.2) is 0 Å². The van der Waals surface area contributed by atoms with Crippen molar-refractivity contribution in [3.63, 3.8) is 0 Å². The average Bonchev–Trinajstić information content (AvgIpc) is 2.74. The fourth-order valence-corrected chi connectivity index (χ4v) is 3.65. The van der Waals surface area contributed by atoms with Gasteiger partial charge in [0.1, 0.15) is 0 Å². The molecule has 0 spiro atoms. The molecule has 2 fully saturated rings. The number of nitrogens with one attached hydrogen (secondary N) is 1. The molecule has 21 heavy (non-hydrogen) atoms. The lowest BCUT2D eigenvalue weighted by molar-refractivity contribution is -0.134. The highest BCUT2D eigenvalue weighted by atomic mass is 16.2. The SMILES string of the molecule is CCN1CCC(CN2C(=O)C(C)(CC)NC2C(C)C)CC1. The van der Waals surface area contributed by atoms with E-state index in [0.717, 1.165) is 19.5 Å². The molecule has 2 atom stereocenters. The summed E-state index contributed by atoms with van der Waals surface area (Å²) in [6.07, 6.45) is 3.52. The highest BCUT2D eigenvalue weighted by molar-refractivity contribution is 5.88. The van der Waals surface area contributed by atoms with E-state index >= 15 is 0 Å². The van der Waals surface area contributed by atoms with Crippen molar-refractivity contribution in [1.29, 1.82) is 0 Å². The van der Waals surface area contributed by atoms with E-state index in [1.807, 2.05) is 0 Å². The molecule has 0 aromatic carbocycles. The fourth-order valence-electron chi connectivity index (χ4n) is 3.65. The Hall–Kier alpha value is -0.610. The Balaban J connectivity index is 2.01. The van der Waals surface area contributed by atoms with Gasteiger partial charge >= 0.3 is 0 Å². The molecule has 1 amide bonds. The van der Waals surface area contributed by atoms with Gasteiger partial charge in [-0.05, 0) is 57.7 Å². The third-order valence-corrected chi connectivity index (χ3v) is 5.48. The predicted octanol–water partition coefficient (Wildman–Crippen LogP) is 2.30. The van der Waals surface area contributed by atoms with Gasteiger partial charge in [0.2, 0.25) is 5.91 Å². The average molecular weight is 295 g/mol. The Labute approximate surface area is 130 Å². The Kier molecular flexibility index (Phi) is 5.31. The Morgan fingerprint density at radius 3 is 2.38 bits per heavy atom. The van der Waals surface area contributed by atoms with Crippen molar-refractivity contribution in [2.24, 2.45) is 11.8 Å². The van der Waals surface area contributed by atoms with Gasteiger partial charge in [0.15, 0.2) is 0 Å². The molecule has 0 aromatic rings. The first-order valence-electron chi connectivity index (χ1n) is 8.72. The maximum absolute atomic E-state index is 12.8. The molecule has 0 bridgehead atoms. The third-order valence-electron chi connectivity index (χ3n) is 5.48. The quantitative estimate of drug-likeness (QED) is 0.845. The second-order valence-electron chi connectivity index (χ2n) is 7.35. The van der Waals surface area contributed by atoms with Crippen LogP contribution in [0.3, 0.4) is 0 Å². The summed E-state index contributed by atoms with van der Waals surface area (Å²) in [4.78, 5) is 17.5. The number of hydrogen-bond acceptors (Lipinski definition) is 3. The maximum Gasteiger partial charge on any atom is 0.243 e. The molecule has 0 radical (unpaired) electrons. The van der Waals surface area contributed by atoms with E-state index in [4.69, 9.17) is 0 Å². The zero-order valence-electron chi connectivity index (χ0n) is 14.5. The number of rotatable bonds is 5. The largest absolute Gasteiger partial charge is 0.325 e. The Morgan fingerprint density at radius 1 is 1.29 bits per heavy atom. The summed E-state index contributed by atoms with van der Waals surface area (Å²) >= 11 is 0. The summed E-state index contributed by atoms with van der Waals surface area (Å²) in [6.45, 7) is 15.3. The molecular formula is C17H33N3O. The van der Waals surface area contributed by atoms with E-state index in [-0.39, 0.29) is 11.7 Å². The third kappa shape index (κ3) is 3.42. The van der Waals surface area contributed by atoms with E-state index in [9.17, 15) is 4.79 Å². The van der Waals surface area contributed by atoms with E-state index in [0.29, 0.717) is 17.7 Å². The van der Waals surface area contributed by atoms with E-state index in [1.54, 1.807) is 0 Å². The van der Waals surface area contributed by atoms with Crippen molar-refractivity contribution in [1.82, 2.24) is 15.1 Å². The van der Waals surface area contributed by atoms with E-state index in [1.165, 1.54) is 25.9 Å². The second kappa shape index (κ2) is 6.66. The second-order valence-corrected chi connectivity index (χ2v) is 7.35. The molecule has 4 nitrogen and oxygen atoms in total. The molecule has 2 aliphatic rings. The number of likely N-dealkylation sites (tertiary alicyclic amines) is 1. The van der Waals surface area contributed by atoms with Crippen LogP contribution in [0, 0.1) is 11.8 Å². The zero-order valence-corrected chi connectivity index (χ0v) is 14.5. The minimum absolute atomic E-state index is 0.201. The monoisotopic (exact) mass is 295 g/mol. The molecular weight excluding hydrogens is 262 g/mol. The molecule has 0 saturated carbocycles. The Morgan fingerprint density at radius 2 is 1.90 bits per heavy atom. The molecule has 0 aromatic heterocycles. The van der Waals surface area contributed by atoms with Gasteiger partial charge in [-0.2, -0.15) is 0 Å². The van der Waals surface area contributed by atoms with Crippen molar-refractivity contribution in [2.75, 3.05) is 26.2 Å². The number of carbonyl (C=O) groups is 1. The number of piperidine rings is 1. The fraction of sp³-hybridized carbons (Fsp3) is 0.941. The first-order valence-corrected chi connectivity index (χ1v) is 8.72. The van der Waals surface area contributed by atoms with Crippen molar-refractivity contribution in [3.05, 3.63) is 0 Å². The first-order chi connectivity index (χ1) is 9.91. The van der Waals surface area contributed by atoms with Crippen LogP contribution in [0.1, 0.15) is 53.9 Å². The van der Waals surface area contributed by atoms with E-state index < -0.39 is 0 Å². The van der Waals surface area contributed by atoms with Crippen LogP contribution in [0.5, 0.6) is 0 Å². The summed E-state index contributed by atoms with van der Waals surface area (Å²) in [6, 6.07) is 0. The molecule has 2 aliphatic heterocycles. The minimum Gasteiger partial charge on any atom is -0.325 e. The molecule has 2 rings (SSSR count). The summed E-state index contributed by atoms with van der Waals surface area (Å²) < 4.78 is 0. The molecule has 122 valence electrons. The molecule has 2 heterocycles. The van der Waals surface area contributed by atoms with Crippen molar-refractivity contribution < 1.29 is 4.79 Å². The number of hydrogen-bond donors (Lipinski definition) is 1. The first kappa shape index (κ1) is 16.8.